The van der Waals surface area contributed by atoms with E-state index in [2.05, 4.69) is 15.9 Å². The first-order valence-corrected chi connectivity index (χ1v) is 10.6. The topological polar surface area (TPSA) is 93.2 Å². The largest absolute Gasteiger partial charge is 0.488 e. The molecule has 0 atom stereocenters. The van der Waals surface area contributed by atoms with E-state index in [1.165, 1.54) is 24.3 Å². The number of nitro groups is 1. The van der Waals surface area contributed by atoms with Crippen LogP contribution in [0.2, 0.25) is 10.0 Å². The third-order valence-corrected chi connectivity index (χ3v) is 5.56. The molecule has 0 spiro atoms. The monoisotopic (exact) mass is 530 g/mol. The van der Waals surface area contributed by atoms with Crippen molar-refractivity contribution in [3.8, 4) is 11.8 Å². The fourth-order valence-electron chi connectivity index (χ4n) is 2.75. The summed E-state index contributed by atoms with van der Waals surface area (Å²) in [5.74, 6) is -0.0679. The van der Waals surface area contributed by atoms with Gasteiger partial charge in [-0.2, -0.15) is 5.26 Å². The lowest BCUT2D eigenvalue weighted by molar-refractivity contribution is -0.384. The third kappa shape index (κ3) is 5.74. The Hall–Kier alpha value is -3.18. The van der Waals surface area contributed by atoms with Crippen molar-refractivity contribution >= 4 is 56.7 Å². The number of hydrogen-bond donors (Lipinski definition) is 0. The van der Waals surface area contributed by atoms with E-state index in [1.807, 2.05) is 6.07 Å². The van der Waals surface area contributed by atoms with Gasteiger partial charge >= 0.3 is 0 Å². The van der Waals surface area contributed by atoms with Crippen LogP contribution in [0, 0.1) is 21.4 Å². The van der Waals surface area contributed by atoms with Crippen LogP contribution in [0.1, 0.15) is 21.5 Å². The summed E-state index contributed by atoms with van der Waals surface area (Å²) < 4.78 is 6.40. The Bertz CT molecular complexity index is 1290. The molecule has 0 bridgehead atoms. The van der Waals surface area contributed by atoms with Crippen LogP contribution in [-0.2, 0) is 6.61 Å². The highest BCUT2D eigenvalue weighted by Gasteiger charge is 2.16. The van der Waals surface area contributed by atoms with E-state index in [-0.39, 0.29) is 23.4 Å². The highest BCUT2D eigenvalue weighted by Crippen LogP contribution is 2.29. The Labute approximate surface area is 201 Å². The van der Waals surface area contributed by atoms with Crippen LogP contribution in [0.3, 0.4) is 0 Å². The lowest BCUT2D eigenvalue weighted by Crippen LogP contribution is -2.03. The number of halogens is 3. The van der Waals surface area contributed by atoms with Crippen LogP contribution >= 0.6 is 39.1 Å². The van der Waals surface area contributed by atoms with Crippen molar-refractivity contribution in [2.75, 3.05) is 0 Å². The first-order valence-electron chi connectivity index (χ1n) is 9.05. The summed E-state index contributed by atoms with van der Waals surface area (Å²) in [7, 11) is 0. The zero-order valence-electron chi connectivity index (χ0n) is 16.2. The summed E-state index contributed by atoms with van der Waals surface area (Å²) in [4.78, 5) is 23.0. The van der Waals surface area contributed by atoms with Crippen LogP contribution in [0.15, 0.2) is 70.7 Å². The van der Waals surface area contributed by atoms with Gasteiger partial charge in [-0.1, -0.05) is 47.5 Å². The Kier molecular flexibility index (Phi) is 7.65. The zero-order chi connectivity index (χ0) is 23.3. The van der Waals surface area contributed by atoms with E-state index in [1.54, 1.807) is 36.4 Å². The molecule has 0 amide bonds. The maximum atomic E-state index is 12.7. The number of carbonyl (C=O) groups excluding carboxylic acids is 1. The van der Waals surface area contributed by atoms with Gasteiger partial charge in [-0.15, -0.1) is 0 Å². The van der Waals surface area contributed by atoms with E-state index in [4.69, 9.17) is 27.9 Å². The van der Waals surface area contributed by atoms with Crippen LogP contribution in [0.4, 0.5) is 5.69 Å². The summed E-state index contributed by atoms with van der Waals surface area (Å²) in [5, 5.41) is 21.4. The number of hydrogen-bond acceptors (Lipinski definition) is 5. The second-order valence-electron chi connectivity index (χ2n) is 6.52. The van der Waals surface area contributed by atoms with Crippen molar-refractivity contribution in [1.29, 1.82) is 5.26 Å². The summed E-state index contributed by atoms with van der Waals surface area (Å²) in [6, 6.07) is 17.3. The molecule has 0 unspecified atom stereocenters. The molecule has 32 heavy (non-hydrogen) atoms. The average Bonchev–Trinajstić information content (AvgIpc) is 2.77. The second-order valence-corrected chi connectivity index (χ2v) is 8.22. The van der Waals surface area contributed by atoms with Gasteiger partial charge in [0.15, 0.2) is 0 Å². The van der Waals surface area contributed by atoms with Gasteiger partial charge in [0.1, 0.15) is 24.0 Å². The van der Waals surface area contributed by atoms with Gasteiger partial charge in [-0.05, 0) is 51.8 Å². The predicted molar refractivity (Wildman–Crippen MR) is 126 cm³/mol. The molecule has 0 heterocycles. The molecular formula is C23H13BrCl2N2O4. The Morgan fingerprint density at radius 1 is 1.16 bits per heavy atom. The fourth-order valence-corrected chi connectivity index (χ4v) is 3.72. The maximum absolute atomic E-state index is 12.7. The summed E-state index contributed by atoms with van der Waals surface area (Å²) in [6.07, 6.45) is 1.41. The lowest BCUT2D eigenvalue weighted by Gasteiger charge is -2.10. The minimum absolute atomic E-state index is 0.0610. The molecule has 0 aliphatic carbocycles. The highest BCUT2D eigenvalue weighted by molar-refractivity contribution is 9.10. The molecule has 0 radical (unpaired) electrons. The molecule has 160 valence electrons. The average molecular weight is 532 g/mol. The number of ether oxygens (including phenoxy) is 1. The Morgan fingerprint density at radius 2 is 1.94 bits per heavy atom. The van der Waals surface area contributed by atoms with Gasteiger partial charge in [0.25, 0.3) is 5.69 Å². The first-order chi connectivity index (χ1) is 15.3. The van der Waals surface area contributed by atoms with E-state index >= 15 is 0 Å². The summed E-state index contributed by atoms with van der Waals surface area (Å²) in [5.41, 5.74) is 1.02. The van der Waals surface area contributed by atoms with Crippen molar-refractivity contribution in [1.82, 2.24) is 0 Å². The van der Waals surface area contributed by atoms with Gasteiger partial charge in [-0.3, -0.25) is 14.9 Å². The molecule has 6 nitrogen and oxygen atoms in total. The van der Waals surface area contributed by atoms with E-state index in [9.17, 15) is 20.2 Å². The van der Waals surface area contributed by atoms with E-state index in [0.717, 1.165) is 11.6 Å². The molecule has 0 aliphatic heterocycles. The molecule has 0 fully saturated rings. The molecule has 3 aromatic rings. The SMILES string of the molecule is N#C/C(=C\c1ccc(OCc2ccc(Cl)cc2Cl)c(Br)c1)C(=O)c1cccc([N+](=O)[O-])c1. The normalized spacial score (nSPS) is 11.0. The highest BCUT2D eigenvalue weighted by atomic mass is 79.9. The smallest absolute Gasteiger partial charge is 0.270 e. The number of carbonyl (C=O) groups is 1. The lowest BCUT2D eigenvalue weighted by atomic mass is 10.0. The summed E-state index contributed by atoms with van der Waals surface area (Å²) >= 11 is 15.5. The Balaban J connectivity index is 1.79. The van der Waals surface area contributed by atoms with Gasteiger partial charge in [0.2, 0.25) is 5.78 Å². The number of nitriles is 1. The standard InChI is InChI=1S/C23H13BrCl2N2O4/c24-20-9-14(4-7-22(20)32-13-16-5-6-18(25)11-21(16)26)8-17(12-27)23(29)15-2-1-3-19(10-15)28(30)31/h1-11H,13H2/b17-8+. The van der Waals surface area contributed by atoms with Crippen LogP contribution in [-0.4, -0.2) is 10.7 Å². The number of rotatable bonds is 7. The fraction of sp³-hybridized carbons (Fsp3) is 0.0435. The third-order valence-electron chi connectivity index (χ3n) is 4.35. The number of nitrogens with zero attached hydrogens (tertiary/aromatic N) is 2. The predicted octanol–water partition coefficient (Wildman–Crippen LogP) is 7.03. The molecule has 0 aliphatic rings. The number of allylic oxidation sites excluding steroid dienone is 1. The van der Waals surface area contributed by atoms with Crippen molar-refractivity contribution in [3.05, 3.63) is 108 Å². The van der Waals surface area contributed by atoms with Crippen molar-refractivity contribution < 1.29 is 14.5 Å². The summed E-state index contributed by atoms with van der Waals surface area (Å²) in [6.45, 7) is 0.221. The molecule has 3 aromatic carbocycles. The van der Waals surface area contributed by atoms with Crippen molar-refractivity contribution in [2.45, 2.75) is 6.61 Å². The first kappa shape index (κ1) is 23.5. The van der Waals surface area contributed by atoms with Crippen LogP contribution in [0.25, 0.3) is 6.08 Å². The molecule has 0 saturated carbocycles. The molecule has 3 rings (SSSR count). The molecule has 0 N–H and O–H groups in total. The maximum Gasteiger partial charge on any atom is 0.270 e. The van der Waals surface area contributed by atoms with Gasteiger partial charge in [-0.25, -0.2) is 0 Å². The van der Waals surface area contributed by atoms with Crippen molar-refractivity contribution in [3.63, 3.8) is 0 Å². The molecular weight excluding hydrogens is 519 g/mol. The number of ketones is 1. The quantitative estimate of drug-likeness (QED) is 0.107. The molecule has 0 aromatic heterocycles. The Morgan fingerprint density at radius 3 is 2.59 bits per heavy atom. The van der Waals surface area contributed by atoms with E-state index < -0.39 is 10.7 Å². The van der Waals surface area contributed by atoms with Gasteiger partial charge in [0, 0.05) is 33.3 Å². The molecule has 9 heteroatoms. The second kappa shape index (κ2) is 10.4. The van der Waals surface area contributed by atoms with Crippen molar-refractivity contribution in [2.24, 2.45) is 0 Å². The number of benzene rings is 3. The molecule has 0 saturated heterocycles. The van der Waals surface area contributed by atoms with Crippen LogP contribution < -0.4 is 4.74 Å². The van der Waals surface area contributed by atoms with E-state index in [0.29, 0.717) is 25.8 Å². The minimum atomic E-state index is -0.606. The number of Topliss-reactive ketones (excluding diaryl/α,β-unsaturated/α-hetero) is 1. The minimum Gasteiger partial charge on any atom is -0.488 e. The van der Waals surface area contributed by atoms with Gasteiger partial charge in [0.05, 0.1) is 9.40 Å². The number of non-ortho nitro benzene ring substituents is 1. The zero-order valence-corrected chi connectivity index (χ0v) is 19.3. The number of nitro benzene ring substituents is 1. The van der Waals surface area contributed by atoms with Gasteiger partial charge < -0.3 is 4.74 Å². The van der Waals surface area contributed by atoms with Crippen LogP contribution in [0.5, 0.6) is 5.75 Å².